The monoisotopic (exact) mass is 443 g/mol. The number of hydrogen-bond donors (Lipinski definition) is 1. The summed E-state index contributed by atoms with van der Waals surface area (Å²) in [6, 6.07) is 8.42. The first-order valence-corrected chi connectivity index (χ1v) is 10.6. The van der Waals surface area contributed by atoms with E-state index >= 15 is 0 Å². The van der Waals surface area contributed by atoms with E-state index in [1.165, 1.54) is 29.6 Å². The molecule has 1 amide bonds. The minimum Gasteiger partial charge on any atom is -0.362 e. The number of halogens is 3. The van der Waals surface area contributed by atoms with Crippen molar-refractivity contribution in [2.24, 2.45) is 5.10 Å². The zero-order chi connectivity index (χ0) is 23.7. The summed E-state index contributed by atoms with van der Waals surface area (Å²) in [6.45, 7) is 11.5. The molecule has 2 aromatic rings. The highest BCUT2D eigenvalue weighted by molar-refractivity contribution is 5.95. The number of fused-ring (bicyclic) bond motifs is 1. The van der Waals surface area contributed by atoms with E-state index in [1.807, 2.05) is 13.0 Å². The lowest BCUT2D eigenvalue weighted by molar-refractivity contribution is -0.137. The van der Waals surface area contributed by atoms with Gasteiger partial charge in [0, 0.05) is 23.4 Å². The lowest BCUT2D eigenvalue weighted by Crippen LogP contribution is -2.45. The zero-order valence-corrected chi connectivity index (χ0v) is 19.0. The molecule has 0 aliphatic carbocycles. The van der Waals surface area contributed by atoms with Crippen LogP contribution in [0.2, 0.25) is 0 Å². The van der Waals surface area contributed by atoms with Crippen molar-refractivity contribution in [1.29, 1.82) is 0 Å². The summed E-state index contributed by atoms with van der Waals surface area (Å²) in [5, 5.41) is 3.99. The second kappa shape index (κ2) is 8.81. The number of carbonyl (C=O) groups excluding carboxylic acids is 1. The van der Waals surface area contributed by atoms with Gasteiger partial charge in [0.15, 0.2) is 0 Å². The highest BCUT2D eigenvalue weighted by Crippen LogP contribution is 2.40. The fourth-order valence-corrected chi connectivity index (χ4v) is 4.08. The maximum Gasteiger partial charge on any atom is 0.416 e. The standard InChI is InChI=1S/C25H28F3N3O/c1-6-10-31-22-11-16(2)19(13-21(22)17(3)14-24(31,4)5)15-29-30-23(32)18-8-7-9-20(12-18)25(26,27)28/h7-9,11-15H,6,10H2,1-5H3,(H,30,32)/b29-15-. The van der Waals surface area contributed by atoms with Crippen LogP contribution >= 0.6 is 0 Å². The number of aryl methyl sites for hydroxylation is 1. The normalized spacial score (nSPS) is 15.5. The van der Waals surface area contributed by atoms with Crippen LogP contribution in [-0.2, 0) is 6.18 Å². The van der Waals surface area contributed by atoms with E-state index in [0.29, 0.717) is 0 Å². The van der Waals surface area contributed by atoms with Crippen molar-refractivity contribution in [2.45, 2.75) is 52.8 Å². The number of carbonyl (C=O) groups is 1. The van der Waals surface area contributed by atoms with E-state index in [9.17, 15) is 18.0 Å². The van der Waals surface area contributed by atoms with E-state index in [1.54, 1.807) is 0 Å². The molecule has 0 saturated carbocycles. The predicted molar refractivity (Wildman–Crippen MR) is 123 cm³/mol. The maximum absolute atomic E-state index is 12.9. The van der Waals surface area contributed by atoms with Gasteiger partial charge < -0.3 is 4.90 Å². The number of hydrazone groups is 1. The summed E-state index contributed by atoms with van der Waals surface area (Å²) in [7, 11) is 0. The molecule has 7 heteroatoms. The number of benzene rings is 2. The first kappa shape index (κ1) is 23.6. The van der Waals surface area contributed by atoms with Crippen molar-refractivity contribution in [1.82, 2.24) is 5.43 Å². The highest BCUT2D eigenvalue weighted by Gasteiger charge is 2.32. The van der Waals surface area contributed by atoms with Gasteiger partial charge in [0.25, 0.3) is 5.91 Å². The Bertz CT molecular complexity index is 1080. The molecule has 0 spiro atoms. The van der Waals surface area contributed by atoms with E-state index in [4.69, 9.17) is 0 Å². The van der Waals surface area contributed by atoms with Crippen molar-refractivity contribution in [3.63, 3.8) is 0 Å². The quantitative estimate of drug-likeness (QED) is 0.442. The molecule has 0 fully saturated rings. The summed E-state index contributed by atoms with van der Waals surface area (Å²) in [6.07, 6.45) is 0.292. The van der Waals surface area contributed by atoms with E-state index in [0.717, 1.165) is 41.8 Å². The summed E-state index contributed by atoms with van der Waals surface area (Å²) >= 11 is 0. The average molecular weight is 444 g/mol. The van der Waals surface area contributed by atoms with Crippen molar-refractivity contribution in [3.8, 4) is 0 Å². The van der Waals surface area contributed by atoms with E-state index in [2.05, 4.69) is 55.3 Å². The van der Waals surface area contributed by atoms with E-state index < -0.39 is 17.6 Å². The Hall–Kier alpha value is -3.09. The smallest absolute Gasteiger partial charge is 0.362 e. The topological polar surface area (TPSA) is 44.7 Å². The van der Waals surface area contributed by atoms with E-state index in [-0.39, 0.29) is 11.1 Å². The number of rotatable bonds is 5. The average Bonchev–Trinajstić information content (AvgIpc) is 2.71. The van der Waals surface area contributed by atoms with Crippen molar-refractivity contribution >= 4 is 23.4 Å². The van der Waals surface area contributed by atoms with Crippen LogP contribution in [0, 0.1) is 6.92 Å². The maximum atomic E-state index is 12.9. The first-order valence-electron chi connectivity index (χ1n) is 10.6. The molecule has 3 rings (SSSR count). The second-order valence-corrected chi connectivity index (χ2v) is 8.64. The molecule has 0 unspecified atom stereocenters. The van der Waals surface area contributed by atoms with Gasteiger partial charge in [-0.3, -0.25) is 4.79 Å². The molecule has 0 atom stereocenters. The SMILES string of the molecule is CCCN1c2cc(C)c(/C=N\NC(=O)c3cccc(C(F)(F)F)c3)cc2C(C)=CC1(C)C. The lowest BCUT2D eigenvalue weighted by Gasteiger charge is -2.43. The lowest BCUT2D eigenvalue weighted by atomic mass is 9.87. The Balaban J connectivity index is 1.83. The minimum atomic E-state index is -4.51. The van der Waals surface area contributed by atoms with Gasteiger partial charge in [-0.15, -0.1) is 0 Å². The van der Waals surface area contributed by atoms with Gasteiger partial charge in [-0.2, -0.15) is 18.3 Å². The van der Waals surface area contributed by atoms with Gasteiger partial charge in [0.1, 0.15) is 0 Å². The van der Waals surface area contributed by atoms with Gasteiger partial charge in [-0.25, -0.2) is 5.43 Å². The molecule has 1 aliphatic heterocycles. The summed E-state index contributed by atoms with van der Waals surface area (Å²) < 4.78 is 38.6. The van der Waals surface area contributed by atoms with Gasteiger partial charge in [0.2, 0.25) is 0 Å². The second-order valence-electron chi connectivity index (χ2n) is 8.64. The summed E-state index contributed by atoms with van der Waals surface area (Å²) in [4.78, 5) is 14.6. The number of allylic oxidation sites excluding steroid dienone is 1. The fourth-order valence-electron chi connectivity index (χ4n) is 4.08. The molecule has 170 valence electrons. The molecule has 1 aliphatic rings. The number of anilines is 1. The number of hydrogen-bond acceptors (Lipinski definition) is 3. The van der Waals surface area contributed by atoms with Crippen LogP contribution in [0.3, 0.4) is 0 Å². The number of nitrogens with one attached hydrogen (secondary N) is 1. The third-order valence-corrected chi connectivity index (χ3v) is 5.63. The van der Waals surface area contributed by atoms with Gasteiger partial charge >= 0.3 is 6.18 Å². The van der Waals surface area contributed by atoms with Gasteiger partial charge in [0.05, 0.1) is 17.3 Å². The molecule has 1 N–H and O–H groups in total. The number of nitrogens with zero attached hydrogens (tertiary/aromatic N) is 2. The van der Waals surface area contributed by atoms with Crippen molar-refractivity contribution < 1.29 is 18.0 Å². The van der Waals surface area contributed by atoms with Crippen molar-refractivity contribution in [2.75, 3.05) is 11.4 Å². The van der Waals surface area contributed by atoms with Crippen LogP contribution < -0.4 is 10.3 Å². The Labute approximate surface area is 186 Å². The molecule has 0 saturated heterocycles. The fraction of sp³-hybridized carbons (Fsp3) is 0.360. The predicted octanol–water partition coefficient (Wildman–Crippen LogP) is 6.19. The number of amides is 1. The van der Waals surface area contributed by atoms with Crippen molar-refractivity contribution in [3.05, 3.63) is 70.3 Å². The van der Waals surface area contributed by atoms with Gasteiger partial charge in [-0.1, -0.05) is 19.1 Å². The van der Waals surface area contributed by atoms with Crippen LogP contribution in [0.4, 0.5) is 18.9 Å². The van der Waals surface area contributed by atoms with Crippen LogP contribution in [-0.4, -0.2) is 24.2 Å². The third kappa shape index (κ3) is 4.87. The zero-order valence-electron chi connectivity index (χ0n) is 19.0. The molecular weight excluding hydrogens is 415 g/mol. The Kier molecular flexibility index (Phi) is 6.49. The summed E-state index contributed by atoms with van der Waals surface area (Å²) in [5.74, 6) is -0.699. The molecule has 0 radical (unpaired) electrons. The Morgan fingerprint density at radius 3 is 2.56 bits per heavy atom. The Morgan fingerprint density at radius 1 is 1.19 bits per heavy atom. The van der Waals surface area contributed by atoms with Crippen LogP contribution in [0.1, 0.15) is 66.7 Å². The third-order valence-electron chi connectivity index (χ3n) is 5.63. The Morgan fingerprint density at radius 2 is 1.91 bits per heavy atom. The molecule has 4 nitrogen and oxygen atoms in total. The van der Waals surface area contributed by atoms with Crippen LogP contribution in [0.25, 0.3) is 5.57 Å². The van der Waals surface area contributed by atoms with Crippen LogP contribution in [0.5, 0.6) is 0 Å². The van der Waals surface area contributed by atoms with Gasteiger partial charge in [-0.05, 0) is 81.1 Å². The molecule has 1 heterocycles. The number of alkyl halides is 3. The summed E-state index contributed by atoms with van der Waals surface area (Å²) in [5.41, 5.74) is 6.52. The molecule has 2 aromatic carbocycles. The highest BCUT2D eigenvalue weighted by atomic mass is 19.4. The molecule has 0 aromatic heterocycles. The molecule has 0 bridgehead atoms. The van der Waals surface area contributed by atoms with Crippen LogP contribution in [0.15, 0.2) is 47.6 Å². The minimum absolute atomic E-state index is 0.0892. The molecular formula is C25H28F3N3O. The first-order chi connectivity index (χ1) is 14.9. The molecule has 32 heavy (non-hydrogen) atoms. The largest absolute Gasteiger partial charge is 0.416 e.